The van der Waals surface area contributed by atoms with Gasteiger partial charge in [0, 0.05) is 11.5 Å². The minimum absolute atomic E-state index is 0.172. The Morgan fingerprint density at radius 3 is 2.22 bits per heavy atom. The minimum atomic E-state index is -0.299. The third-order valence-corrected chi connectivity index (χ3v) is 4.00. The maximum atomic E-state index is 11.2. The number of esters is 1. The SMILES string of the molecule is C=CC(=O)OCC(CC)(CC)CCCCCCC. The lowest BCUT2D eigenvalue weighted by Crippen LogP contribution is -2.27. The van der Waals surface area contributed by atoms with Crippen LogP contribution in [0.15, 0.2) is 12.7 Å². The lowest BCUT2D eigenvalue weighted by atomic mass is 9.78. The predicted molar refractivity (Wildman–Crippen MR) is 77.5 cm³/mol. The van der Waals surface area contributed by atoms with Crippen molar-refractivity contribution in [3.05, 3.63) is 12.7 Å². The van der Waals surface area contributed by atoms with Crippen molar-refractivity contribution in [1.82, 2.24) is 0 Å². The Morgan fingerprint density at radius 2 is 1.72 bits per heavy atom. The molecule has 0 aliphatic heterocycles. The molecule has 0 aromatic heterocycles. The zero-order valence-electron chi connectivity index (χ0n) is 12.5. The summed E-state index contributed by atoms with van der Waals surface area (Å²) in [7, 11) is 0. The fourth-order valence-electron chi connectivity index (χ4n) is 2.27. The van der Waals surface area contributed by atoms with Crippen molar-refractivity contribution in [2.24, 2.45) is 5.41 Å². The van der Waals surface area contributed by atoms with Crippen LogP contribution in [0.5, 0.6) is 0 Å². The summed E-state index contributed by atoms with van der Waals surface area (Å²) in [6.07, 6.45) is 11.0. The van der Waals surface area contributed by atoms with Gasteiger partial charge >= 0.3 is 5.97 Å². The number of ether oxygens (including phenoxy) is 1. The van der Waals surface area contributed by atoms with Gasteiger partial charge in [0.2, 0.25) is 0 Å². The molecule has 0 atom stereocenters. The molecule has 0 saturated carbocycles. The van der Waals surface area contributed by atoms with E-state index in [1.807, 2.05) is 0 Å². The Labute approximate surface area is 113 Å². The van der Waals surface area contributed by atoms with E-state index in [0.717, 1.165) is 19.3 Å². The highest BCUT2D eigenvalue weighted by molar-refractivity contribution is 5.81. The van der Waals surface area contributed by atoms with E-state index in [1.165, 1.54) is 38.2 Å². The summed E-state index contributed by atoms with van der Waals surface area (Å²) in [5.41, 5.74) is 0.172. The fourth-order valence-corrected chi connectivity index (χ4v) is 2.27. The first-order valence-corrected chi connectivity index (χ1v) is 7.43. The second-order valence-electron chi connectivity index (χ2n) is 5.18. The zero-order chi connectivity index (χ0) is 13.9. The van der Waals surface area contributed by atoms with Crippen molar-refractivity contribution >= 4 is 5.97 Å². The lowest BCUT2D eigenvalue weighted by Gasteiger charge is -2.31. The first-order chi connectivity index (χ1) is 8.64. The Morgan fingerprint density at radius 1 is 1.11 bits per heavy atom. The van der Waals surface area contributed by atoms with Gasteiger partial charge in [0.25, 0.3) is 0 Å². The monoisotopic (exact) mass is 254 g/mol. The molecule has 0 aromatic carbocycles. The third kappa shape index (κ3) is 6.83. The molecule has 0 spiro atoms. The lowest BCUT2D eigenvalue weighted by molar-refractivity contribution is -0.141. The van der Waals surface area contributed by atoms with Crippen LogP contribution in [0.4, 0.5) is 0 Å². The number of rotatable bonds is 11. The minimum Gasteiger partial charge on any atom is -0.462 e. The summed E-state index contributed by atoms with van der Waals surface area (Å²) >= 11 is 0. The predicted octanol–water partition coefficient (Wildman–Crippen LogP) is 4.88. The standard InChI is InChI=1S/C16H30O2/c1-5-9-10-11-12-13-16(7-3,8-4)14-18-15(17)6-2/h6H,2,5,7-14H2,1,3-4H3. The van der Waals surface area contributed by atoms with Gasteiger partial charge in [-0.15, -0.1) is 0 Å². The first kappa shape index (κ1) is 17.2. The Hall–Kier alpha value is -0.790. The molecule has 2 nitrogen and oxygen atoms in total. The quantitative estimate of drug-likeness (QED) is 0.298. The average molecular weight is 254 g/mol. The van der Waals surface area contributed by atoms with Gasteiger partial charge in [0.05, 0.1) is 6.61 Å². The van der Waals surface area contributed by atoms with Crippen molar-refractivity contribution in [2.75, 3.05) is 6.61 Å². The summed E-state index contributed by atoms with van der Waals surface area (Å²) in [5, 5.41) is 0. The van der Waals surface area contributed by atoms with Gasteiger partial charge in [-0.25, -0.2) is 4.79 Å². The van der Waals surface area contributed by atoms with Gasteiger partial charge in [-0.2, -0.15) is 0 Å². The van der Waals surface area contributed by atoms with Crippen LogP contribution in [0.25, 0.3) is 0 Å². The molecule has 0 rings (SSSR count). The third-order valence-electron chi connectivity index (χ3n) is 4.00. The molecule has 106 valence electrons. The summed E-state index contributed by atoms with van der Waals surface area (Å²) in [6, 6.07) is 0. The molecular formula is C16H30O2. The van der Waals surface area contributed by atoms with Crippen LogP contribution >= 0.6 is 0 Å². The number of unbranched alkanes of at least 4 members (excludes halogenated alkanes) is 4. The van der Waals surface area contributed by atoms with Crippen molar-refractivity contribution in [3.8, 4) is 0 Å². The second-order valence-corrected chi connectivity index (χ2v) is 5.18. The first-order valence-electron chi connectivity index (χ1n) is 7.43. The summed E-state index contributed by atoms with van der Waals surface area (Å²) in [6.45, 7) is 10.6. The van der Waals surface area contributed by atoms with Gasteiger partial charge in [0.1, 0.15) is 0 Å². The molecule has 0 aliphatic rings. The van der Waals surface area contributed by atoms with Crippen molar-refractivity contribution in [3.63, 3.8) is 0 Å². The molecule has 0 N–H and O–H groups in total. The van der Waals surface area contributed by atoms with Crippen LogP contribution in [-0.2, 0) is 9.53 Å². The van der Waals surface area contributed by atoms with Gasteiger partial charge in [-0.3, -0.25) is 0 Å². The molecule has 0 radical (unpaired) electrons. The molecule has 0 aliphatic carbocycles. The summed E-state index contributed by atoms with van der Waals surface area (Å²) < 4.78 is 5.26. The van der Waals surface area contributed by atoms with Gasteiger partial charge in [-0.05, 0) is 19.3 Å². The van der Waals surface area contributed by atoms with Crippen LogP contribution in [0.3, 0.4) is 0 Å². The maximum Gasteiger partial charge on any atom is 0.330 e. The van der Waals surface area contributed by atoms with Crippen molar-refractivity contribution in [2.45, 2.75) is 72.1 Å². The highest BCUT2D eigenvalue weighted by atomic mass is 16.5. The molecule has 18 heavy (non-hydrogen) atoms. The van der Waals surface area contributed by atoms with E-state index in [-0.39, 0.29) is 11.4 Å². The molecular weight excluding hydrogens is 224 g/mol. The van der Waals surface area contributed by atoms with Crippen LogP contribution in [0, 0.1) is 5.41 Å². The Balaban J connectivity index is 4.07. The van der Waals surface area contributed by atoms with E-state index in [2.05, 4.69) is 27.4 Å². The second kappa shape index (κ2) is 10.2. The molecule has 0 amide bonds. The van der Waals surface area contributed by atoms with E-state index >= 15 is 0 Å². The van der Waals surface area contributed by atoms with Crippen LogP contribution < -0.4 is 0 Å². The number of hydrogen-bond acceptors (Lipinski definition) is 2. The van der Waals surface area contributed by atoms with Crippen LogP contribution in [0.1, 0.15) is 72.1 Å². The van der Waals surface area contributed by atoms with E-state index < -0.39 is 0 Å². The van der Waals surface area contributed by atoms with Crippen LogP contribution in [-0.4, -0.2) is 12.6 Å². The maximum absolute atomic E-state index is 11.2. The Kier molecular flexibility index (Phi) is 9.72. The smallest absolute Gasteiger partial charge is 0.330 e. The summed E-state index contributed by atoms with van der Waals surface area (Å²) in [4.78, 5) is 11.2. The largest absolute Gasteiger partial charge is 0.462 e. The fraction of sp³-hybridized carbons (Fsp3) is 0.812. The van der Waals surface area contributed by atoms with Crippen molar-refractivity contribution in [1.29, 1.82) is 0 Å². The number of carbonyl (C=O) groups excluding carboxylic acids is 1. The molecule has 2 heteroatoms. The number of hydrogen-bond donors (Lipinski definition) is 0. The highest BCUT2D eigenvalue weighted by Crippen LogP contribution is 2.33. The Bertz CT molecular complexity index is 229. The van der Waals surface area contributed by atoms with E-state index in [4.69, 9.17) is 4.74 Å². The van der Waals surface area contributed by atoms with Gasteiger partial charge < -0.3 is 4.74 Å². The molecule has 0 saturated heterocycles. The number of carbonyl (C=O) groups is 1. The normalized spacial score (nSPS) is 11.3. The zero-order valence-corrected chi connectivity index (χ0v) is 12.5. The highest BCUT2D eigenvalue weighted by Gasteiger charge is 2.27. The van der Waals surface area contributed by atoms with E-state index in [1.54, 1.807) is 0 Å². The topological polar surface area (TPSA) is 26.3 Å². The van der Waals surface area contributed by atoms with Gasteiger partial charge in [0.15, 0.2) is 0 Å². The molecule has 0 fully saturated rings. The van der Waals surface area contributed by atoms with E-state index in [9.17, 15) is 4.79 Å². The van der Waals surface area contributed by atoms with Crippen molar-refractivity contribution < 1.29 is 9.53 Å². The molecule has 0 heterocycles. The molecule has 0 aromatic rings. The van der Waals surface area contributed by atoms with Gasteiger partial charge in [-0.1, -0.05) is 59.5 Å². The molecule has 0 bridgehead atoms. The van der Waals surface area contributed by atoms with Crippen LogP contribution in [0.2, 0.25) is 0 Å². The van der Waals surface area contributed by atoms with E-state index in [0.29, 0.717) is 6.61 Å². The summed E-state index contributed by atoms with van der Waals surface area (Å²) in [5.74, 6) is -0.299. The average Bonchev–Trinajstić information content (AvgIpc) is 2.42. The molecule has 0 unspecified atom stereocenters.